The maximum atomic E-state index is 8.87. The Bertz CT molecular complexity index is 362. The molecule has 1 saturated carbocycles. The first-order valence-electron chi connectivity index (χ1n) is 6.55. The SMILES string of the molecule is N#CCC(NCCC1CCC1)c1ccccc1. The normalized spacial score (nSPS) is 17.1. The molecule has 0 amide bonds. The van der Waals surface area contributed by atoms with E-state index in [0.717, 1.165) is 12.5 Å². The van der Waals surface area contributed by atoms with Crippen molar-refractivity contribution in [3.05, 3.63) is 35.9 Å². The third-order valence-corrected chi connectivity index (χ3v) is 3.67. The van der Waals surface area contributed by atoms with Crippen LogP contribution in [0.3, 0.4) is 0 Å². The van der Waals surface area contributed by atoms with E-state index in [1.54, 1.807) is 0 Å². The quantitative estimate of drug-likeness (QED) is 0.809. The Balaban J connectivity index is 1.82. The van der Waals surface area contributed by atoms with Crippen molar-refractivity contribution in [2.75, 3.05) is 6.54 Å². The van der Waals surface area contributed by atoms with Gasteiger partial charge in [0, 0.05) is 6.04 Å². The van der Waals surface area contributed by atoms with Crippen LogP contribution >= 0.6 is 0 Å². The van der Waals surface area contributed by atoms with E-state index in [1.807, 2.05) is 18.2 Å². The third-order valence-electron chi connectivity index (χ3n) is 3.67. The zero-order chi connectivity index (χ0) is 11.9. The molecule has 0 bridgehead atoms. The van der Waals surface area contributed by atoms with Crippen molar-refractivity contribution >= 4 is 0 Å². The summed E-state index contributed by atoms with van der Waals surface area (Å²) in [6.45, 7) is 1.03. The zero-order valence-electron chi connectivity index (χ0n) is 10.2. The molecule has 1 aromatic carbocycles. The van der Waals surface area contributed by atoms with Crippen molar-refractivity contribution in [2.24, 2.45) is 5.92 Å². The van der Waals surface area contributed by atoms with E-state index < -0.39 is 0 Å². The molecule has 2 nitrogen and oxygen atoms in total. The Morgan fingerprint density at radius 2 is 2.06 bits per heavy atom. The fourth-order valence-corrected chi connectivity index (χ4v) is 2.33. The average Bonchev–Trinajstić information content (AvgIpc) is 2.32. The minimum absolute atomic E-state index is 0.196. The second-order valence-electron chi connectivity index (χ2n) is 4.87. The highest BCUT2D eigenvalue weighted by Crippen LogP contribution is 2.29. The van der Waals surface area contributed by atoms with E-state index in [-0.39, 0.29) is 6.04 Å². The number of rotatable bonds is 6. The standard InChI is InChI=1S/C15H20N2/c16-11-9-15(14-7-2-1-3-8-14)17-12-10-13-5-4-6-13/h1-3,7-8,13,15,17H,4-6,9-10,12H2. The first-order chi connectivity index (χ1) is 8.40. The number of hydrogen-bond donors (Lipinski definition) is 1. The van der Waals surface area contributed by atoms with Crippen LogP contribution in [-0.4, -0.2) is 6.54 Å². The lowest BCUT2D eigenvalue weighted by Gasteiger charge is -2.26. The molecule has 0 saturated heterocycles. The van der Waals surface area contributed by atoms with Gasteiger partial charge in [-0.05, 0) is 24.4 Å². The number of nitrogens with one attached hydrogen (secondary N) is 1. The van der Waals surface area contributed by atoms with Crippen LogP contribution in [0.2, 0.25) is 0 Å². The van der Waals surface area contributed by atoms with E-state index in [0.29, 0.717) is 6.42 Å². The molecule has 1 unspecified atom stereocenters. The molecule has 1 fully saturated rings. The first kappa shape index (κ1) is 12.1. The van der Waals surface area contributed by atoms with Crippen molar-refractivity contribution in [1.82, 2.24) is 5.32 Å². The van der Waals surface area contributed by atoms with E-state index in [9.17, 15) is 0 Å². The van der Waals surface area contributed by atoms with Crippen molar-refractivity contribution in [3.8, 4) is 6.07 Å². The van der Waals surface area contributed by atoms with Crippen LogP contribution in [0, 0.1) is 17.2 Å². The summed E-state index contributed by atoms with van der Waals surface area (Å²) in [6, 6.07) is 12.7. The van der Waals surface area contributed by atoms with Gasteiger partial charge in [0.05, 0.1) is 12.5 Å². The lowest BCUT2D eigenvalue weighted by molar-refractivity contribution is 0.287. The highest BCUT2D eigenvalue weighted by atomic mass is 14.9. The summed E-state index contributed by atoms with van der Waals surface area (Å²) < 4.78 is 0. The summed E-state index contributed by atoms with van der Waals surface area (Å²) in [5.74, 6) is 0.931. The number of benzene rings is 1. The molecule has 2 heteroatoms. The number of nitriles is 1. The molecule has 0 aromatic heterocycles. The lowest BCUT2D eigenvalue weighted by atomic mass is 9.83. The predicted molar refractivity (Wildman–Crippen MR) is 69.4 cm³/mol. The average molecular weight is 228 g/mol. The molecule has 0 spiro atoms. The van der Waals surface area contributed by atoms with Crippen LogP contribution in [-0.2, 0) is 0 Å². The maximum Gasteiger partial charge on any atom is 0.0641 e. The highest BCUT2D eigenvalue weighted by Gasteiger charge is 2.17. The monoisotopic (exact) mass is 228 g/mol. The lowest BCUT2D eigenvalue weighted by Crippen LogP contribution is -2.25. The van der Waals surface area contributed by atoms with Gasteiger partial charge in [-0.2, -0.15) is 5.26 Å². The molecule has 1 aromatic rings. The molecule has 1 N–H and O–H groups in total. The van der Waals surface area contributed by atoms with Gasteiger partial charge in [-0.15, -0.1) is 0 Å². The van der Waals surface area contributed by atoms with Gasteiger partial charge in [-0.25, -0.2) is 0 Å². The first-order valence-corrected chi connectivity index (χ1v) is 6.55. The summed E-state index contributed by atoms with van der Waals surface area (Å²) in [7, 11) is 0. The Morgan fingerprint density at radius 1 is 1.29 bits per heavy atom. The summed E-state index contributed by atoms with van der Waals surface area (Å²) in [4.78, 5) is 0. The van der Waals surface area contributed by atoms with Crippen molar-refractivity contribution < 1.29 is 0 Å². The molecule has 90 valence electrons. The Kier molecular flexibility index (Phi) is 4.58. The minimum Gasteiger partial charge on any atom is -0.309 e. The molecular formula is C15H20N2. The minimum atomic E-state index is 0.196. The third kappa shape index (κ3) is 3.57. The van der Waals surface area contributed by atoms with E-state index in [4.69, 9.17) is 5.26 Å². The zero-order valence-corrected chi connectivity index (χ0v) is 10.2. The Labute approximate surface area is 104 Å². The van der Waals surface area contributed by atoms with Crippen LogP contribution in [0.5, 0.6) is 0 Å². The van der Waals surface area contributed by atoms with E-state index >= 15 is 0 Å². The predicted octanol–water partition coefficient (Wildman–Crippen LogP) is 3.42. The second kappa shape index (κ2) is 6.42. The Hall–Kier alpha value is -1.33. The van der Waals surface area contributed by atoms with Crippen LogP contribution < -0.4 is 5.32 Å². The largest absolute Gasteiger partial charge is 0.309 e. The van der Waals surface area contributed by atoms with Crippen molar-refractivity contribution in [2.45, 2.75) is 38.1 Å². The number of nitrogens with zero attached hydrogens (tertiary/aromatic N) is 1. The fourth-order valence-electron chi connectivity index (χ4n) is 2.33. The molecule has 17 heavy (non-hydrogen) atoms. The van der Waals surface area contributed by atoms with Gasteiger partial charge in [0.15, 0.2) is 0 Å². The van der Waals surface area contributed by atoms with Gasteiger partial charge in [0.1, 0.15) is 0 Å². The second-order valence-corrected chi connectivity index (χ2v) is 4.87. The molecule has 1 aliphatic rings. The fraction of sp³-hybridized carbons (Fsp3) is 0.533. The number of hydrogen-bond acceptors (Lipinski definition) is 2. The summed E-state index contributed by atoms with van der Waals surface area (Å²) in [5, 5.41) is 12.4. The molecule has 1 atom stereocenters. The molecule has 2 rings (SSSR count). The van der Waals surface area contributed by atoms with Crippen molar-refractivity contribution in [1.29, 1.82) is 5.26 Å². The maximum absolute atomic E-state index is 8.87. The van der Waals surface area contributed by atoms with Crippen LogP contribution in [0.1, 0.15) is 43.7 Å². The van der Waals surface area contributed by atoms with Gasteiger partial charge in [-0.1, -0.05) is 49.6 Å². The van der Waals surface area contributed by atoms with Gasteiger partial charge in [0.2, 0.25) is 0 Å². The van der Waals surface area contributed by atoms with E-state index in [1.165, 1.54) is 31.2 Å². The van der Waals surface area contributed by atoms with Gasteiger partial charge in [0.25, 0.3) is 0 Å². The summed E-state index contributed by atoms with van der Waals surface area (Å²) in [5.41, 5.74) is 1.22. The highest BCUT2D eigenvalue weighted by molar-refractivity contribution is 5.19. The molecule has 0 aliphatic heterocycles. The molecule has 1 aliphatic carbocycles. The van der Waals surface area contributed by atoms with Gasteiger partial charge >= 0.3 is 0 Å². The van der Waals surface area contributed by atoms with Crippen molar-refractivity contribution in [3.63, 3.8) is 0 Å². The van der Waals surface area contributed by atoms with Gasteiger partial charge < -0.3 is 5.32 Å². The molecular weight excluding hydrogens is 208 g/mol. The topological polar surface area (TPSA) is 35.8 Å². The summed E-state index contributed by atoms with van der Waals surface area (Å²) in [6.07, 6.45) is 6.01. The molecule has 0 heterocycles. The van der Waals surface area contributed by atoms with Crippen LogP contribution in [0.15, 0.2) is 30.3 Å². The summed E-state index contributed by atoms with van der Waals surface area (Å²) >= 11 is 0. The van der Waals surface area contributed by atoms with E-state index in [2.05, 4.69) is 23.5 Å². The smallest absolute Gasteiger partial charge is 0.0641 e. The van der Waals surface area contributed by atoms with Crippen LogP contribution in [0.4, 0.5) is 0 Å². The van der Waals surface area contributed by atoms with Crippen LogP contribution in [0.25, 0.3) is 0 Å². The Morgan fingerprint density at radius 3 is 2.65 bits per heavy atom. The molecule has 0 radical (unpaired) electrons. The van der Waals surface area contributed by atoms with Gasteiger partial charge in [-0.3, -0.25) is 0 Å².